The third-order valence-electron chi connectivity index (χ3n) is 3.70. The van der Waals surface area contributed by atoms with Crippen LogP contribution in [0.4, 0.5) is 10.5 Å². The number of carbonyl (C=O) groups excluding carboxylic acids is 2. The molecule has 0 aliphatic carbocycles. The quantitative estimate of drug-likeness (QED) is 0.752. The predicted molar refractivity (Wildman–Crippen MR) is 82.2 cm³/mol. The summed E-state index contributed by atoms with van der Waals surface area (Å²) < 4.78 is 0. The maximum absolute atomic E-state index is 11.6. The first-order valence-electron chi connectivity index (χ1n) is 7.21. The van der Waals surface area contributed by atoms with Crippen molar-refractivity contribution < 1.29 is 9.59 Å². The van der Waals surface area contributed by atoms with Crippen molar-refractivity contribution in [3.63, 3.8) is 0 Å². The lowest BCUT2D eigenvalue weighted by molar-refractivity contribution is -0.118. The van der Waals surface area contributed by atoms with Crippen molar-refractivity contribution in [2.45, 2.75) is 26.3 Å². The summed E-state index contributed by atoms with van der Waals surface area (Å²) in [6.07, 6.45) is 0.909. The molecule has 114 valence electrons. The van der Waals surface area contributed by atoms with E-state index in [0.717, 1.165) is 25.2 Å². The van der Waals surface area contributed by atoms with E-state index in [-0.39, 0.29) is 12.5 Å². The van der Waals surface area contributed by atoms with Crippen molar-refractivity contribution in [2.24, 2.45) is 5.73 Å². The van der Waals surface area contributed by atoms with Gasteiger partial charge in [-0.25, -0.2) is 4.79 Å². The van der Waals surface area contributed by atoms with E-state index in [1.54, 1.807) is 0 Å². The second-order valence-electron chi connectivity index (χ2n) is 5.25. The van der Waals surface area contributed by atoms with Crippen LogP contribution in [0.25, 0.3) is 0 Å². The molecule has 1 aliphatic rings. The van der Waals surface area contributed by atoms with Crippen molar-refractivity contribution in [1.29, 1.82) is 0 Å². The van der Waals surface area contributed by atoms with E-state index in [1.807, 2.05) is 11.0 Å². The van der Waals surface area contributed by atoms with E-state index in [0.29, 0.717) is 6.04 Å². The second kappa shape index (κ2) is 6.58. The minimum atomic E-state index is -0.811. The number of hydrogen-bond donors (Lipinski definition) is 3. The van der Waals surface area contributed by atoms with Crippen LogP contribution in [0, 0.1) is 0 Å². The highest BCUT2D eigenvalue weighted by Gasteiger charge is 2.22. The van der Waals surface area contributed by atoms with Crippen molar-refractivity contribution in [1.82, 2.24) is 10.6 Å². The van der Waals surface area contributed by atoms with Gasteiger partial charge in [-0.2, -0.15) is 0 Å². The Labute approximate surface area is 124 Å². The largest absolute Gasteiger partial charge is 0.362 e. The van der Waals surface area contributed by atoms with E-state index in [9.17, 15) is 9.59 Å². The number of urea groups is 1. The molecule has 6 heteroatoms. The Morgan fingerprint density at radius 2 is 2.19 bits per heavy atom. The van der Waals surface area contributed by atoms with E-state index in [1.165, 1.54) is 11.1 Å². The molecule has 1 heterocycles. The summed E-state index contributed by atoms with van der Waals surface area (Å²) in [4.78, 5) is 24.3. The molecule has 2 rings (SSSR count). The number of rotatable bonds is 5. The Balaban J connectivity index is 2.07. The second-order valence-corrected chi connectivity index (χ2v) is 5.25. The smallest absolute Gasteiger partial charge is 0.318 e. The van der Waals surface area contributed by atoms with E-state index in [2.05, 4.69) is 36.6 Å². The summed E-state index contributed by atoms with van der Waals surface area (Å²) in [5, 5.41) is 5.48. The van der Waals surface area contributed by atoms with Gasteiger partial charge in [-0.1, -0.05) is 19.1 Å². The van der Waals surface area contributed by atoms with Crippen LogP contribution in [0.5, 0.6) is 0 Å². The summed E-state index contributed by atoms with van der Waals surface area (Å²) in [6.45, 7) is 6.08. The summed E-state index contributed by atoms with van der Waals surface area (Å²) in [5.41, 5.74) is 8.49. The molecule has 0 radical (unpaired) electrons. The number of imide groups is 1. The molecule has 1 atom stereocenters. The molecule has 0 saturated heterocycles. The van der Waals surface area contributed by atoms with Crippen LogP contribution < -0.4 is 21.3 Å². The average molecular weight is 290 g/mol. The number of nitrogens with zero attached hydrogens (tertiary/aromatic N) is 1. The fourth-order valence-electron chi connectivity index (χ4n) is 2.70. The van der Waals surface area contributed by atoms with Crippen LogP contribution >= 0.6 is 0 Å². The summed E-state index contributed by atoms with van der Waals surface area (Å²) in [6, 6.07) is 5.82. The highest BCUT2D eigenvalue weighted by molar-refractivity contribution is 5.96. The highest BCUT2D eigenvalue weighted by atomic mass is 16.2. The molecule has 1 unspecified atom stereocenters. The highest BCUT2D eigenvalue weighted by Crippen LogP contribution is 2.30. The SMILES string of the molecule is CCNC(C)c1ccc2c(c1)CCN2CC(=O)NC(N)=O. The first kappa shape index (κ1) is 15.3. The maximum atomic E-state index is 11.6. The van der Waals surface area contributed by atoms with Gasteiger partial charge in [0, 0.05) is 18.3 Å². The lowest BCUT2D eigenvalue weighted by Gasteiger charge is -2.19. The monoisotopic (exact) mass is 290 g/mol. The Morgan fingerprint density at radius 3 is 2.86 bits per heavy atom. The molecule has 0 saturated carbocycles. The molecule has 21 heavy (non-hydrogen) atoms. The minimum absolute atomic E-state index is 0.151. The molecular formula is C15H22N4O2. The van der Waals surface area contributed by atoms with Crippen molar-refractivity contribution in [3.8, 4) is 0 Å². The van der Waals surface area contributed by atoms with Gasteiger partial charge in [0.2, 0.25) is 5.91 Å². The molecule has 0 bridgehead atoms. The fourth-order valence-corrected chi connectivity index (χ4v) is 2.70. The van der Waals surface area contributed by atoms with Crippen molar-refractivity contribution in [3.05, 3.63) is 29.3 Å². The maximum Gasteiger partial charge on any atom is 0.318 e. The first-order valence-corrected chi connectivity index (χ1v) is 7.21. The van der Waals surface area contributed by atoms with Gasteiger partial charge in [-0.05, 0) is 37.1 Å². The standard InChI is InChI=1S/C15H22N4O2/c1-3-17-10(2)11-4-5-13-12(8-11)6-7-19(13)9-14(20)18-15(16)21/h4-5,8,10,17H,3,6-7,9H2,1-2H3,(H3,16,18,20,21). The molecule has 6 nitrogen and oxygen atoms in total. The van der Waals surface area contributed by atoms with Gasteiger partial charge in [0.15, 0.2) is 0 Å². The number of nitrogens with two attached hydrogens (primary N) is 1. The zero-order valence-electron chi connectivity index (χ0n) is 12.5. The van der Waals surface area contributed by atoms with Crippen molar-refractivity contribution >= 4 is 17.6 Å². The van der Waals surface area contributed by atoms with Crippen LogP contribution in [0.3, 0.4) is 0 Å². The molecule has 0 fully saturated rings. The van der Waals surface area contributed by atoms with Gasteiger partial charge in [-0.3, -0.25) is 10.1 Å². The number of amides is 3. The lowest BCUT2D eigenvalue weighted by Crippen LogP contribution is -2.41. The van der Waals surface area contributed by atoms with E-state index < -0.39 is 6.03 Å². The Hall–Kier alpha value is -2.08. The number of benzene rings is 1. The molecule has 1 aromatic rings. The van der Waals surface area contributed by atoms with Gasteiger partial charge < -0.3 is 16.0 Å². The molecular weight excluding hydrogens is 268 g/mol. The Kier molecular flexibility index (Phi) is 4.80. The number of nitrogens with one attached hydrogen (secondary N) is 2. The molecule has 0 aromatic heterocycles. The van der Waals surface area contributed by atoms with Crippen molar-refractivity contribution in [2.75, 3.05) is 24.5 Å². The minimum Gasteiger partial charge on any atom is -0.362 e. The normalized spacial score (nSPS) is 14.7. The number of primary amides is 1. The van der Waals surface area contributed by atoms with Crippen LogP contribution in [0.15, 0.2) is 18.2 Å². The molecule has 0 spiro atoms. The molecule has 4 N–H and O–H groups in total. The Bertz CT molecular complexity index is 544. The first-order chi connectivity index (χ1) is 10.0. The predicted octanol–water partition coefficient (Wildman–Crippen LogP) is 0.915. The van der Waals surface area contributed by atoms with Gasteiger partial charge in [0.25, 0.3) is 0 Å². The van der Waals surface area contributed by atoms with Gasteiger partial charge in [0.05, 0.1) is 6.54 Å². The fraction of sp³-hybridized carbons (Fsp3) is 0.467. The van der Waals surface area contributed by atoms with Crippen LogP contribution in [-0.2, 0) is 11.2 Å². The van der Waals surface area contributed by atoms with Gasteiger partial charge in [0.1, 0.15) is 0 Å². The van der Waals surface area contributed by atoms with Crippen LogP contribution in [-0.4, -0.2) is 31.6 Å². The van der Waals surface area contributed by atoms with Gasteiger partial charge >= 0.3 is 6.03 Å². The number of carbonyl (C=O) groups is 2. The number of fused-ring (bicyclic) bond motifs is 1. The van der Waals surface area contributed by atoms with Gasteiger partial charge in [-0.15, -0.1) is 0 Å². The topological polar surface area (TPSA) is 87.5 Å². The van der Waals surface area contributed by atoms with E-state index >= 15 is 0 Å². The average Bonchev–Trinajstić information content (AvgIpc) is 2.80. The molecule has 1 aromatic carbocycles. The van der Waals surface area contributed by atoms with Crippen LogP contribution in [0.1, 0.15) is 31.0 Å². The van der Waals surface area contributed by atoms with E-state index in [4.69, 9.17) is 5.73 Å². The summed E-state index contributed by atoms with van der Waals surface area (Å²) >= 11 is 0. The lowest BCUT2D eigenvalue weighted by atomic mass is 10.0. The number of hydrogen-bond acceptors (Lipinski definition) is 4. The zero-order chi connectivity index (χ0) is 15.4. The Morgan fingerprint density at radius 1 is 1.43 bits per heavy atom. The number of anilines is 1. The summed E-state index contributed by atoms with van der Waals surface area (Å²) in [7, 11) is 0. The van der Waals surface area contributed by atoms with Crippen LogP contribution in [0.2, 0.25) is 0 Å². The third-order valence-corrected chi connectivity index (χ3v) is 3.70. The third kappa shape index (κ3) is 3.72. The summed E-state index contributed by atoms with van der Waals surface area (Å²) in [5.74, 6) is -0.375. The molecule has 3 amide bonds. The zero-order valence-corrected chi connectivity index (χ0v) is 12.5. The molecule has 1 aliphatic heterocycles.